The molecule has 202 valence electrons. The summed E-state index contributed by atoms with van der Waals surface area (Å²) in [6.45, 7) is 3.67. The standard InChI is InChI=1S/C30H35ClN2O5/c1-3-8-20-11-16-24-26(25(20)30(37)38-4-2)29(36)33(23(18-34)17-19-9-6-5-7-10-19)27(24)28(35)32-22-14-12-21(31)13-15-22/h5-7,9-16,20,23-27,34H,3-4,8,17-18H2,1-2H3,(H,32,35)/t20-,23-,24+,25-,26+,27+/m1/s1. The lowest BCUT2D eigenvalue weighted by Crippen LogP contribution is -2.51. The van der Waals surface area contributed by atoms with Crippen LogP contribution in [0.1, 0.15) is 32.3 Å². The van der Waals surface area contributed by atoms with Gasteiger partial charge < -0.3 is 20.1 Å². The fraction of sp³-hybridized carbons (Fsp3) is 0.433. The highest BCUT2D eigenvalue weighted by molar-refractivity contribution is 6.30. The number of esters is 1. The summed E-state index contributed by atoms with van der Waals surface area (Å²) >= 11 is 6.01. The van der Waals surface area contributed by atoms with E-state index in [1.807, 2.05) is 49.4 Å². The van der Waals surface area contributed by atoms with Crippen molar-refractivity contribution in [3.05, 3.63) is 77.3 Å². The topological polar surface area (TPSA) is 95.9 Å². The van der Waals surface area contributed by atoms with E-state index in [1.54, 1.807) is 31.2 Å². The maximum Gasteiger partial charge on any atom is 0.310 e. The average Bonchev–Trinajstić information content (AvgIpc) is 3.21. The normalized spacial score (nSPS) is 25.1. The molecule has 6 atom stereocenters. The van der Waals surface area contributed by atoms with Crippen LogP contribution < -0.4 is 5.32 Å². The molecule has 0 spiro atoms. The Labute approximate surface area is 228 Å². The molecule has 1 aliphatic heterocycles. The molecule has 2 aliphatic rings. The van der Waals surface area contributed by atoms with Crippen LogP contribution in [0, 0.1) is 23.7 Å². The van der Waals surface area contributed by atoms with Gasteiger partial charge in [-0.15, -0.1) is 0 Å². The number of allylic oxidation sites excluding steroid dienone is 1. The first-order valence-corrected chi connectivity index (χ1v) is 13.7. The van der Waals surface area contributed by atoms with Crippen LogP contribution in [-0.2, 0) is 25.5 Å². The Kier molecular flexibility index (Phi) is 9.23. The molecule has 0 bridgehead atoms. The predicted molar refractivity (Wildman–Crippen MR) is 146 cm³/mol. The van der Waals surface area contributed by atoms with Gasteiger partial charge in [-0.2, -0.15) is 0 Å². The Morgan fingerprint density at radius 1 is 1.08 bits per heavy atom. The van der Waals surface area contributed by atoms with Gasteiger partial charge in [-0.25, -0.2) is 0 Å². The molecule has 38 heavy (non-hydrogen) atoms. The zero-order valence-corrected chi connectivity index (χ0v) is 22.5. The number of nitrogens with one attached hydrogen (secondary N) is 1. The summed E-state index contributed by atoms with van der Waals surface area (Å²) < 4.78 is 5.43. The van der Waals surface area contributed by atoms with E-state index in [9.17, 15) is 19.5 Å². The van der Waals surface area contributed by atoms with Gasteiger partial charge in [0, 0.05) is 16.6 Å². The van der Waals surface area contributed by atoms with Crippen molar-refractivity contribution in [2.45, 2.75) is 45.2 Å². The quantitative estimate of drug-likeness (QED) is 0.343. The van der Waals surface area contributed by atoms with Crippen molar-refractivity contribution in [2.75, 3.05) is 18.5 Å². The smallest absolute Gasteiger partial charge is 0.310 e. The second-order valence-electron chi connectivity index (χ2n) is 9.93. The Morgan fingerprint density at radius 2 is 1.79 bits per heavy atom. The third kappa shape index (κ3) is 5.79. The molecule has 1 saturated heterocycles. The van der Waals surface area contributed by atoms with Gasteiger partial charge in [0.15, 0.2) is 0 Å². The summed E-state index contributed by atoms with van der Waals surface area (Å²) in [4.78, 5) is 42.7. The summed E-state index contributed by atoms with van der Waals surface area (Å²) in [7, 11) is 0. The number of halogens is 1. The number of fused-ring (bicyclic) bond motifs is 1. The van der Waals surface area contributed by atoms with Crippen LogP contribution in [0.4, 0.5) is 5.69 Å². The fourth-order valence-electron chi connectivity index (χ4n) is 5.89. The molecule has 4 rings (SSSR count). The van der Waals surface area contributed by atoms with Crippen molar-refractivity contribution in [1.29, 1.82) is 0 Å². The van der Waals surface area contributed by atoms with E-state index in [0.29, 0.717) is 17.1 Å². The first-order chi connectivity index (χ1) is 18.4. The van der Waals surface area contributed by atoms with Gasteiger partial charge in [-0.3, -0.25) is 14.4 Å². The SMILES string of the molecule is CCC[C@@H]1C=C[C@H]2[C@H](C(=O)N([C@@H](CO)Cc3ccccc3)[C@@H]2C(=O)Nc2ccc(Cl)cc2)[C@@H]1C(=O)OCC. The van der Waals surface area contributed by atoms with Gasteiger partial charge >= 0.3 is 5.97 Å². The van der Waals surface area contributed by atoms with Gasteiger partial charge in [0.05, 0.1) is 31.1 Å². The van der Waals surface area contributed by atoms with Crippen LogP contribution in [0.15, 0.2) is 66.7 Å². The minimum absolute atomic E-state index is 0.161. The first kappa shape index (κ1) is 27.9. The van der Waals surface area contributed by atoms with Crippen molar-refractivity contribution < 1.29 is 24.2 Å². The van der Waals surface area contributed by atoms with Crippen LogP contribution >= 0.6 is 11.6 Å². The van der Waals surface area contributed by atoms with Crippen molar-refractivity contribution in [1.82, 2.24) is 4.90 Å². The summed E-state index contributed by atoms with van der Waals surface area (Å²) in [5, 5.41) is 13.9. The van der Waals surface area contributed by atoms with Gasteiger partial charge in [-0.1, -0.05) is 67.4 Å². The number of rotatable bonds is 10. The van der Waals surface area contributed by atoms with Crippen LogP contribution in [0.3, 0.4) is 0 Å². The monoisotopic (exact) mass is 538 g/mol. The summed E-state index contributed by atoms with van der Waals surface area (Å²) in [6.07, 6.45) is 5.83. The Morgan fingerprint density at radius 3 is 2.42 bits per heavy atom. The minimum atomic E-state index is -0.903. The second-order valence-corrected chi connectivity index (χ2v) is 10.4. The van der Waals surface area contributed by atoms with Crippen LogP contribution in [0.25, 0.3) is 0 Å². The molecule has 0 radical (unpaired) electrons. The van der Waals surface area contributed by atoms with E-state index in [2.05, 4.69) is 5.32 Å². The lowest BCUT2D eigenvalue weighted by atomic mass is 9.69. The number of nitrogens with zero attached hydrogens (tertiary/aromatic N) is 1. The highest BCUT2D eigenvalue weighted by Gasteiger charge is 2.58. The number of amides is 2. The maximum atomic E-state index is 14.2. The van der Waals surface area contributed by atoms with E-state index in [-0.39, 0.29) is 30.9 Å². The molecular weight excluding hydrogens is 504 g/mol. The van der Waals surface area contributed by atoms with Crippen molar-refractivity contribution in [2.24, 2.45) is 23.7 Å². The maximum absolute atomic E-state index is 14.2. The van der Waals surface area contributed by atoms with Gasteiger partial charge in [0.2, 0.25) is 11.8 Å². The molecule has 7 nitrogen and oxygen atoms in total. The summed E-state index contributed by atoms with van der Waals surface area (Å²) in [5.41, 5.74) is 1.48. The van der Waals surface area contributed by atoms with Crippen LogP contribution in [0.2, 0.25) is 5.02 Å². The van der Waals surface area contributed by atoms with E-state index in [4.69, 9.17) is 16.3 Å². The third-order valence-electron chi connectivity index (χ3n) is 7.53. The molecule has 2 aromatic rings. The lowest BCUT2D eigenvalue weighted by molar-refractivity contribution is -0.156. The number of aliphatic hydroxyl groups excluding tert-OH is 1. The lowest BCUT2D eigenvalue weighted by Gasteiger charge is -2.34. The number of aliphatic hydroxyl groups is 1. The van der Waals surface area contributed by atoms with E-state index in [0.717, 1.165) is 18.4 Å². The van der Waals surface area contributed by atoms with Gasteiger partial charge in [0.25, 0.3) is 0 Å². The van der Waals surface area contributed by atoms with Gasteiger partial charge in [-0.05, 0) is 55.5 Å². The molecule has 2 N–H and O–H groups in total. The number of likely N-dealkylation sites (tertiary alicyclic amines) is 1. The number of ether oxygens (including phenoxy) is 1. The summed E-state index contributed by atoms with van der Waals surface area (Å²) in [5.74, 6) is -3.23. The zero-order chi connectivity index (χ0) is 27.2. The predicted octanol–water partition coefficient (Wildman–Crippen LogP) is 4.49. The molecule has 1 aliphatic carbocycles. The fourth-order valence-corrected chi connectivity index (χ4v) is 6.02. The van der Waals surface area contributed by atoms with E-state index < -0.39 is 35.8 Å². The number of anilines is 1. The Hall–Kier alpha value is -3.16. The zero-order valence-electron chi connectivity index (χ0n) is 21.8. The Balaban J connectivity index is 1.74. The molecule has 0 aromatic heterocycles. The molecule has 0 unspecified atom stereocenters. The van der Waals surface area contributed by atoms with Crippen molar-refractivity contribution >= 4 is 35.1 Å². The molecule has 1 heterocycles. The number of hydrogen-bond donors (Lipinski definition) is 2. The van der Waals surface area contributed by atoms with Gasteiger partial charge in [0.1, 0.15) is 6.04 Å². The summed E-state index contributed by atoms with van der Waals surface area (Å²) in [6, 6.07) is 14.8. The molecule has 8 heteroatoms. The molecule has 2 aromatic carbocycles. The molecular formula is C30H35ClN2O5. The molecule has 1 fully saturated rings. The van der Waals surface area contributed by atoms with Crippen molar-refractivity contribution in [3.63, 3.8) is 0 Å². The highest BCUT2D eigenvalue weighted by atomic mass is 35.5. The second kappa shape index (κ2) is 12.6. The number of benzene rings is 2. The molecule has 2 amide bonds. The van der Waals surface area contributed by atoms with E-state index >= 15 is 0 Å². The van der Waals surface area contributed by atoms with E-state index in [1.165, 1.54) is 4.90 Å². The largest absolute Gasteiger partial charge is 0.466 e. The number of carbonyl (C=O) groups is 3. The number of hydrogen-bond acceptors (Lipinski definition) is 5. The number of carbonyl (C=O) groups excluding carboxylic acids is 3. The average molecular weight is 539 g/mol. The third-order valence-corrected chi connectivity index (χ3v) is 7.78. The van der Waals surface area contributed by atoms with Crippen LogP contribution in [-0.4, -0.2) is 53.1 Å². The molecule has 0 saturated carbocycles. The van der Waals surface area contributed by atoms with Crippen LogP contribution in [0.5, 0.6) is 0 Å². The first-order valence-electron chi connectivity index (χ1n) is 13.3. The van der Waals surface area contributed by atoms with Crippen molar-refractivity contribution in [3.8, 4) is 0 Å². The highest BCUT2D eigenvalue weighted by Crippen LogP contribution is 2.46. The minimum Gasteiger partial charge on any atom is -0.466 e. The Bertz CT molecular complexity index is 1150.